The number of carbonyl (C=O) groups excluding carboxylic acids is 1. The fourth-order valence-corrected chi connectivity index (χ4v) is 2.21. The van der Waals surface area contributed by atoms with Crippen LogP contribution in [0.4, 0.5) is 0 Å². The van der Waals surface area contributed by atoms with Gasteiger partial charge in [-0.1, -0.05) is 11.6 Å². The van der Waals surface area contributed by atoms with Crippen molar-refractivity contribution in [3.8, 4) is 0 Å². The van der Waals surface area contributed by atoms with Crippen LogP contribution in [-0.2, 0) is 0 Å². The van der Waals surface area contributed by atoms with Gasteiger partial charge in [-0.15, -0.1) is 0 Å². The lowest BCUT2D eigenvalue weighted by molar-refractivity contribution is 0.0952. The van der Waals surface area contributed by atoms with Crippen LogP contribution in [0, 0.1) is 13.8 Å². The van der Waals surface area contributed by atoms with Gasteiger partial charge in [0.1, 0.15) is 0 Å². The van der Waals surface area contributed by atoms with Crippen molar-refractivity contribution in [3.05, 3.63) is 35.0 Å². The van der Waals surface area contributed by atoms with Crippen LogP contribution in [0.25, 0.3) is 10.9 Å². The summed E-state index contributed by atoms with van der Waals surface area (Å²) in [6.07, 6.45) is 0. The molecule has 4 nitrogen and oxygen atoms in total. The maximum atomic E-state index is 12.3. The lowest BCUT2D eigenvalue weighted by Gasteiger charge is -2.10. The minimum atomic E-state index is -0.00352. The molecule has 0 bridgehead atoms. The number of H-pyrrole nitrogens is 1. The molecular weight excluding hydrogens is 238 g/mol. The Balaban J connectivity index is 2.26. The van der Waals surface area contributed by atoms with E-state index in [1.807, 2.05) is 45.0 Å². The van der Waals surface area contributed by atoms with Crippen molar-refractivity contribution in [2.75, 3.05) is 27.2 Å². The van der Waals surface area contributed by atoms with Crippen LogP contribution in [0.1, 0.15) is 21.6 Å². The third-order valence-electron chi connectivity index (χ3n) is 3.21. The second kappa shape index (κ2) is 5.45. The zero-order valence-corrected chi connectivity index (χ0v) is 12.0. The lowest BCUT2D eigenvalue weighted by atomic mass is 10.1. The normalized spacial score (nSPS) is 11.2. The molecule has 0 saturated heterocycles. The Hall–Kier alpha value is -1.81. The summed E-state index contributed by atoms with van der Waals surface area (Å²) in [5.41, 5.74) is 3.86. The summed E-state index contributed by atoms with van der Waals surface area (Å²) in [6.45, 7) is 5.47. The molecule has 0 saturated carbocycles. The van der Waals surface area contributed by atoms with Crippen molar-refractivity contribution < 1.29 is 4.79 Å². The SMILES string of the molecule is Cc1ccc2[nH]c(C)c(C(=O)NCCN(C)C)c2c1. The number of nitrogens with zero attached hydrogens (tertiary/aromatic N) is 1. The quantitative estimate of drug-likeness (QED) is 0.883. The highest BCUT2D eigenvalue weighted by atomic mass is 16.1. The largest absolute Gasteiger partial charge is 0.358 e. The molecule has 0 spiro atoms. The van der Waals surface area contributed by atoms with E-state index in [-0.39, 0.29) is 5.91 Å². The van der Waals surface area contributed by atoms with Gasteiger partial charge < -0.3 is 15.2 Å². The van der Waals surface area contributed by atoms with E-state index in [9.17, 15) is 4.79 Å². The van der Waals surface area contributed by atoms with Gasteiger partial charge >= 0.3 is 0 Å². The van der Waals surface area contributed by atoms with E-state index in [0.29, 0.717) is 6.54 Å². The number of carbonyl (C=O) groups is 1. The number of aromatic amines is 1. The Morgan fingerprint density at radius 1 is 1.32 bits per heavy atom. The molecule has 19 heavy (non-hydrogen) atoms. The van der Waals surface area contributed by atoms with Crippen molar-refractivity contribution >= 4 is 16.8 Å². The number of fused-ring (bicyclic) bond motifs is 1. The molecule has 4 heteroatoms. The van der Waals surface area contributed by atoms with Crippen molar-refractivity contribution in [3.63, 3.8) is 0 Å². The summed E-state index contributed by atoms with van der Waals surface area (Å²) >= 11 is 0. The number of aryl methyl sites for hydroxylation is 2. The first kappa shape index (κ1) is 13.6. The molecule has 0 atom stereocenters. The number of hydrogen-bond donors (Lipinski definition) is 2. The van der Waals surface area contributed by atoms with Crippen LogP contribution in [0.2, 0.25) is 0 Å². The van der Waals surface area contributed by atoms with Gasteiger partial charge in [0.25, 0.3) is 5.91 Å². The van der Waals surface area contributed by atoms with Crippen LogP contribution in [0.5, 0.6) is 0 Å². The predicted octanol–water partition coefficient (Wildman–Crippen LogP) is 2.08. The zero-order valence-electron chi connectivity index (χ0n) is 12.0. The van der Waals surface area contributed by atoms with E-state index in [4.69, 9.17) is 0 Å². The lowest BCUT2D eigenvalue weighted by Crippen LogP contribution is -2.31. The van der Waals surface area contributed by atoms with Crippen LogP contribution in [-0.4, -0.2) is 43.0 Å². The van der Waals surface area contributed by atoms with Gasteiger partial charge in [-0.25, -0.2) is 0 Å². The van der Waals surface area contributed by atoms with Crippen LogP contribution in [0.15, 0.2) is 18.2 Å². The van der Waals surface area contributed by atoms with Gasteiger partial charge in [0.15, 0.2) is 0 Å². The predicted molar refractivity (Wildman–Crippen MR) is 78.7 cm³/mol. The minimum absolute atomic E-state index is 0.00352. The van der Waals surface area contributed by atoms with Gasteiger partial charge in [0, 0.05) is 29.7 Å². The summed E-state index contributed by atoms with van der Waals surface area (Å²) in [5.74, 6) is -0.00352. The highest BCUT2D eigenvalue weighted by Gasteiger charge is 2.15. The molecule has 0 aliphatic rings. The fourth-order valence-electron chi connectivity index (χ4n) is 2.21. The van der Waals surface area contributed by atoms with E-state index < -0.39 is 0 Å². The number of hydrogen-bond acceptors (Lipinski definition) is 2. The average Bonchev–Trinajstić information content (AvgIpc) is 2.63. The minimum Gasteiger partial charge on any atom is -0.358 e. The molecule has 0 aliphatic carbocycles. The van der Waals surface area contributed by atoms with E-state index >= 15 is 0 Å². The third-order valence-corrected chi connectivity index (χ3v) is 3.21. The van der Waals surface area contributed by atoms with Gasteiger partial charge in [-0.2, -0.15) is 0 Å². The molecule has 0 aliphatic heterocycles. The van der Waals surface area contributed by atoms with Crippen LogP contribution < -0.4 is 5.32 Å². The second-order valence-electron chi connectivity index (χ2n) is 5.23. The summed E-state index contributed by atoms with van der Waals surface area (Å²) in [5, 5.41) is 3.97. The topological polar surface area (TPSA) is 48.1 Å². The van der Waals surface area contributed by atoms with Crippen molar-refractivity contribution in [2.45, 2.75) is 13.8 Å². The van der Waals surface area contributed by atoms with Gasteiger partial charge in [0.2, 0.25) is 0 Å². The average molecular weight is 259 g/mol. The van der Waals surface area contributed by atoms with E-state index in [1.165, 1.54) is 0 Å². The molecule has 1 heterocycles. The first-order valence-corrected chi connectivity index (χ1v) is 6.51. The molecule has 1 aromatic carbocycles. The van der Waals surface area contributed by atoms with Crippen LogP contribution in [0.3, 0.4) is 0 Å². The second-order valence-corrected chi connectivity index (χ2v) is 5.23. The van der Waals surface area contributed by atoms with Crippen molar-refractivity contribution in [1.29, 1.82) is 0 Å². The van der Waals surface area contributed by atoms with E-state index in [2.05, 4.69) is 16.4 Å². The highest BCUT2D eigenvalue weighted by molar-refractivity contribution is 6.08. The van der Waals surface area contributed by atoms with Crippen molar-refractivity contribution in [1.82, 2.24) is 15.2 Å². The van der Waals surface area contributed by atoms with Crippen LogP contribution >= 0.6 is 0 Å². The summed E-state index contributed by atoms with van der Waals surface area (Å²) in [6, 6.07) is 6.12. The molecule has 0 fully saturated rings. The smallest absolute Gasteiger partial charge is 0.253 e. The summed E-state index contributed by atoms with van der Waals surface area (Å²) in [4.78, 5) is 17.6. The van der Waals surface area contributed by atoms with Gasteiger partial charge in [-0.05, 0) is 40.1 Å². The highest BCUT2D eigenvalue weighted by Crippen LogP contribution is 2.23. The number of likely N-dealkylation sites (N-methyl/N-ethyl adjacent to an activating group) is 1. The molecule has 1 amide bonds. The number of nitrogens with one attached hydrogen (secondary N) is 2. The Labute approximate surface area is 113 Å². The Morgan fingerprint density at radius 2 is 2.05 bits per heavy atom. The first-order chi connectivity index (χ1) is 8.99. The number of benzene rings is 1. The maximum absolute atomic E-state index is 12.3. The summed E-state index contributed by atoms with van der Waals surface area (Å²) < 4.78 is 0. The molecule has 0 unspecified atom stereocenters. The standard InChI is InChI=1S/C15H21N3O/c1-10-5-6-13-12(9-10)14(11(2)17-13)15(19)16-7-8-18(3)4/h5-6,9,17H,7-8H2,1-4H3,(H,16,19). The Bertz CT molecular complexity index is 599. The molecular formula is C15H21N3O. The molecule has 2 aromatic rings. The number of rotatable bonds is 4. The van der Waals surface area contributed by atoms with Crippen molar-refractivity contribution in [2.24, 2.45) is 0 Å². The maximum Gasteiger partial charge on any atom is 0.253 e. The fraction of sp³-hybridized carbons (Fsp3) is 0.400. The Kier molecular flexibility index (Phi) is 3.90. The first-order valence-electron chi connectivity index (χ1n) is 6.51. The Morgan fingerprint density at radius 3 is 2.74 bits per heavy atom. The van der Waals surface area contributed by atoms with E-state index in [1.54, 1.807) is 0 Å². The third kappa shape index (κ3) is 2.96. The molecule has 2 rings (SSSR count). The number of amides is 1. The summed E-state index contributed by atoms with van der Waals surface area (Å²) in [7, 11) is 3.99. The van der Waals surface area contributed by atoms with E-state index in [0.717, 1.165) is 34.3 Å². The number of aromatic nitrogens is 1. The molecule has 0 radical (unpaired) electrons. The van der Waals surface area contributed by atoms with Gasteiger partial charge in [-0.3, -0.25) is 4.79 Å². The molecule has 1 aromatic heterocycles. The molecule has 2 N–H and O–H groups in total. The zero-order chi connectivity index (χ0) is 14.0. The van der Waals surface area contributed by atoms with Gasteiger partial charge in [0.05, 0.1) is 5.56 Å². The molecule has 102 valence electrons. The monoisotopic (exact) mass is 259 g/mol.